The number of thioether (sulfide) groups is 1. The van der Waals surface area contributed by atoms with Gasteiger partial charge in [0.1, 0.15) is 4.83 Å². The molecule has 2 heterocycles. The summed E-state index contributed by atoms with van der Waals surface area (Å²) in [6.45, 7) is 2.29. The van der Waals surface area contributed by atoms with Crippen LogP contribution in [0, 0.1) is 18.3 Å². The van der Waals surface area contributed by atoms with Crippen molar-refractivity contribution in [2.75, 3.05) is 14.1 Å². The highest BCUT2D eigenvalue weighted by Crippen LogP contribution is 2.31. The van der Waals surface area contributed by atoms with E-state index >= 15 is 0 Å². The van der Waals surface area contributed by atoms with Crippen LogP contribution < -0.4 is 5.56 Å². The van der Waals surface area contributed by atoms with E-state index in [1.807, 2.05) is 55.5 Å². The molecule has 172 valence electrons. The Morgan fingerprint density at radius 3 is 2.56 bits per heavy atom. The molecule has 0 aliphatic carbocycles. The first-order chi connectivity index (χ1) is 16.4. The number of aromatic nitrogens is 2. The van der Waals surface area contributed by atoms with Crippen molar-refractivity contribution in [2.45, 2.75) is 30.8 Å². The zero-order valence-electron chi connectivity index (χ0n) is 19.2. The summed E-state index contributed by atoms with van der Waals surface area (Å²) in [6.07, 6.45) is 0.683. The largest absolute Gasteiger partial charge is 0.344 e. The van der Waals surface area contributed by atoms with E-state index in [1.165, 1.54) is 28.0 Å². The van der Waals surface area contributed by atoms with E-state index in [-0.39, 0.29) is 11.5 Å². The molecular weight excluding hydrogens is 464 g/mol. The second-order valence-electron chi connectivity index (χ2n) is 8.08. The Labute approximate surface area is 206 Å². The van der Waals surface area contributed by atoms with Gasteiger partial charge in [-0.1, -0.05) is 60.3 Å². The molecule has 0 saturated carbocycles. The predicted molar refractivity (Wildman–Crippen MR) is 137 cm³/mol. The van der Waals surface area contributed by atoms with Crippen molar-refractivity contribution in [3.63, 3.8) is 0 Å². The second kappa shape index (κ2) is 10.2. The van der Waals surface area contributed by atoms with E-state index in [4.69, 9.17) is 4.98 Å². The number of carbonyl (C=O) groups is 1. The third-order valence-electron chi connectivity index (χ3n) is 5.58. The highest BCUT2D eigenvalue weighted by Gasteiger charge is 2.22. The maximum atomic E-state index is 13.7. The Kier molecular flexibility index (Phi) is 7.15. The lowest BCUT2D eigenvalue weighted by Crippen LogP contribution is -2.25. The summed E-state index contributed by atoms with van der Waals surface area (Å²) in [6, 6.07) is 19.7. The Morgan fingerprint density at radius 1 is 1.15 bits per heavy atom. The van der Waals surface area contributed by atoms with Gasteiger partial charge in [-0.3, -0.25) is 14.2 Å². The van der Waals surface area contributed by atoms with Gasteiger partial charge in [0.15, 0.2) is 5.16 Å². The third kappa shape index (κ3) is 4.76. The monoisotopic (exact) mass is 488 g/mol. The number of aryl methyl sites for hydroxylation is 2. The first-order valence-corrected chi connectivity index (χ1v) is 12.6. The van der Waals surface area contributed by atoms with Gasteiger partial charge in [0.2, 0.25) is 0 Å². The summed E-state index contributed by atoms with van der Waals surface area (Å²) in [7, 11) is 3.40. The predicted octanol–water partition coefficient (Wildman–Crippen LogP) is 4.87. The molecule has 4 rings (SSSR count). The van der Waals surface area contributed by atoms with Crippen LogP contribution in [0.25, 0.3) is 10.2 Å². The van der Waals surface area contributed by atoms with Crippen LogP contribution in [0.5, 0.6) is 0 Å². The van der Waals surface area contributed by atoms with E-state index < -0.39 is 0 Å². The Hall–Kier alpha value is -3.41. The molecule has 0 N–H and O–H groups in total. The van der Waals surface area contributed by atoms with E-state index in [0.717, 1.165) is 11.1 Å². The first-order valence-electron chi connectivity index (χ1n) is 10.8. The quantitative estimate of drug-likeness (QED) is 0.274. The third-order valence-corrected chi connectivity index (χ3v) is 7.78. The maximum Gasteiger partial charge on any atom is 0.263 e. The van der Waals surface area contributed by atoms with E-state index in [2.05, 4.69) is 6.07 Å². The number of nitrogens with zero attached hydrogens (tertiary/aromatic N) is 4. The maximum absolute atomic E-state index is 13.7. The van der Waals surface area contributed by atoms with Gasteiger partial charge in [-0.15, -0.1) is 11.3 Å². The number of rotatable bonds is 7. The lowest BCUT2D eigenvalue weighted by Gasteiger charge is -2.13. The van der Waals surface area contributed by atoms with Gasteiger partial charge in [0.05, 0.1) is 21.9 Å². The van der Waals surface area contributed by atoms with Crippen molar-refractivity contribution in [3.05, 3.63) is 92.1 Å². The van der Waals surface area contributed by atoms with Crippen LogP contribution in [-0.2, 0) is 18.7 Å². The number of thiophene rings is 1. The van der Waals surface area contributed by atoms with Crippen LogP contribution in [0.2, 0.25) is 0 Å². The van der Waals surface area contributed by atoms with Crippen molar-refractivity contribution in [3.8, 4) is 6.07 Å². The molecule has 0 saturated heterocycles. The van der Waals surface area contributed by atoms with Crippen molar-refractivity contribution in [1.82, 2.24) is 14.5 Å². The molecule has 0 unspecified atom stereocenters. The lowest BCUT2D eigenvalue weighted by molar-refractivity contribution is 0.0831. The van der Waals surface area contributed by atoms with Crippen LogP contribution >= 0.6 is 23.1 Å². The molecule has 2 aromatic carbocycles. The number of benzene rings is 2. The summed E-state index contributed by atoms with van der Waals surface area (Å²) < 4.78 is 1.71. The fourth-order valence-corrected chi connectivity index (χ4v) is 5.97. The molecule has 4 aromatic rings. The van der Waals surface area contributed by atoms with Crippen molar-refractivity contribution < 1.29 is 4.79 Å². The molecule has 0 radical (unpaired) electrons. The zero-order chi connectivity index (χ0) is 24.2. The minimum atomic E-state index is -0.136. The molecule has 2 aromatic heterocycles. The highest BCUT2D eigenvalue weighted by molar-refractivity contribution is 7.98. The average Bonchev–Trinajstić information content (AvgIpc) is 3.18. The van der Waals surface area contributed by atoms with Crippen LogP contribution in [0.15, 0.2) is 64.5 Å². The SMILES string of the molecule is Cc1c(C(=O)N(C)C)sc2nc(SCc3ccccc3C#N)n(CCc3ccccc3)c(=O)c12. The minimum absolute atomic E-state index is 0.132. The average molecular weight is 489 g/mol. The minimum Gasteiger partial charge on any atom is -0.344 e. The second-order valence-corrected chi connectivity index (χ2v) is 10.0. The van der Waals surface area contributed by atoms with Crippen molar-refractivity contribution in [1.29, 1.82) is 5.26 Å². The first kappa shape index (κ1) is 23.7. The van der Waals surface area contributed by atoms with Crippen LogP contribution in [-0.4, -0.2) is 34.5 Å². The molecule has 0 fully saturated rings. The Bertz CT molecular complexity index is 1450. The molecule has 34 heavy (non-hydrogen) atoms. The topological polar surface area (TPSA) is 79.0 Å². The molecule has 8 heteroatoms. The number of hydrogen-bond donors (Lipinski definition) is 0. The van der Waals surface area contributed by atoms with E-state index in [1.54, 1.807) is 24.7 Å². The number of fused-ring (bicyclic) bond motifs is 1. The molecule has 1 amide bonds. The molecule has 0 aliphatic rings. The number of amides is 1. The van der Waals surface area contributed by atoms with Gasteiger partial charge in [0.25, 0.3) is 11.5 Å². The van der Waals surface area contributed by atoms with Gasteiger partial charge in [0, 0.05) is 26.4 Å². The van der Waals surface area contributed by atoms with Gasteiger partial charge >= 0.3 is 0 Å². The molecule has 0 aliphatic heterocycles. The number of hydrogen-bond acceptors (Lipinski definition) is 6. The number of nitriles is 1. The van der Waals surface area contributed by atoms with Gasteiger partial charge < -0.3 is 4.90 Å². The fourth-order valence-electron chi connectivity index (χ4n) is 3.70. The summed E-state index contributed by atoms with van der Waals surface area (Å²) in [5.74, 6) is 0.383. The van der Waals surface area contributed by atoms with Crippen LogP contribution in [0.4, 0.5) is 0 Å². The summed E-state index contributed by atoms with van der Waals surface area (Å²) in [5, 5.41) is 10.5. The Balaban J connectivity index is 1.78. The Morgan fingerprint density at radius 2 is 1.85 bits per heavy atom. The smallest absolute Gasteiger partial charge is 0.263 e. The van der Waals surface area contributed by atoms with Crippen LogP contribution in [0.3, 0.4) is 0 Å². The molecular formula is C26H24N4O2S2. The standard InChI is InChI=1S/C26H24N4O2S2/c1-17-21-23(34-22(17)25(32)29(2)3)28-26(33-16-20-12-8-7-11-19(20)15-27)30(24(21)31)14-13-18-9-5-4-6-10-18/h4-12H,13-14,16H2,1-3H3. The highest BCUT2D eigenvalue weighted by atomic mass is 32.2. The van der Waals surface area contributed by atoms with Crippen molar-refractivity contribution in [2.24, 2.45) is 0 Å². The lowest BCUT2D eigenvalue weighted by atomic mass is 10.1. The van der Waals surface area contributed by atoms with Gasteiger partial charge in [-0.25, -0.2) is 4.98 Å². The van der Waals surface area contributed by atoms with Crippen LogP contribution in [0.1, 0.15) is 31.9 Å². The number of carbonyl (C=O) groups excluding carboxylic acids is 1. The summed E-state index contributed by atoms with van der Waals surface area (Å²) in [4.78, 5) is 33.8. The molecule has 0 bridgehead atoms. The summed E-state index contributed by atoms with van der Waals surface area (Å²) in [5.41, 5.74) is 3.18. The summed E-state index contributed by atoms with van der Waals surface area (Å²) >= 11 is 2.70. The molecule has 0 atom stereocenters. The fraction of sp³-hybridized carbons (Fsp3) is 0.231. The van der Waals surface area contributed by atoms with Gasteiger partial charge in [-0.2, -0.15) is 5.26 Å². The van der Waals surface area contributed by atoms with E-state index in [0.29, 0.717) is 50.1 Å². The van der Waals surface area contributed by atoms with Gasteiger partial charge in [-0.05, 0) is 36.1 Å². The zero-order valence-corrected chi connectivity index (χ0v) is 20.9. The molecule has 0 spiro atoms. The normalized spacial score (nSPS) is 10.9. The molecule has 6 nitrogen and oxygen atoms in total. The van der Waals surface area contributed by atoms with Crippen molar-refractivity contribution >= 4 is 39.2 Å². The van der Waals surface area contributed by atoms with E-state index in [9.17, 15) is 14.9 Å².